The highest BCUT2D eigenvalue weighted by Crippen LogP contribution is 2.22. The van der Waals surface area contributed by atoms with E-state index in [1.54, 1.807) is 14.2 Å². The summed E-state index contributed by atoms with van der Waals surface area (Å²) in [6, 6.07) is 11.3. The second-order valence-corrected chi connectivity index (χ2v) is 16.8. The van der Waals surface area contributed by atoms with E-state index in [4.69, 9.17) is 18.8 Å². The van der Waals surface area contributed by atoms with Crippen molar-refractivity contribution < 1.29 is 28.3 Å². The number of quaternary nitrogens is 1. The number of hydrogen-bond acceptors (Lipinski definition) is 5. The molecule has 0 aliphatic carbocycles. The van der Waals surface area contributed by atoms with Crippen LogP contribution < -0.4 is 14.5 Å². The summed E-state index contributed by atoms with van der Waals surface area (Å²) >= 11 is 0. The summed E-state index contributed by atoms with van der Waals surface area (Å²) in [4.78, 5) is 0. The summed E-state index contributed by atoms with van der Waals surface area (Å²) in [6.07, 6.45) is 34.8. The van der Waals surface area contributed by atoms with Crippen molar-refractivity contribution in [1.82, 2.24) is 0 Å². The maximum atomic E-state index is 11.8. The highest BCUT2D eigenvalue weighted by molar-refractivity contribution is 6.32. The number of benzene rings is 2. The van der Waals surface area contributed by atoms with Crippen molar-refractivity contribution in [1.29, 1.82) is 0 Å². The first kappa shape index (κ1) is 53.0. The molecule has 0 aromatic heterocycles. The van der Waals surface area contributed by atoms with Gasteiger partial charge in [0.1, 0.15) is 11.5 Å². The van der Waals surface area contributed by atoms with Crippen molar-refractivity contribution >= 4 is 7.32 Å². The van der Waals surface area contributed by atoms with Gasteiger partial charge in [-0.25, -0.2) is 0 Å². The zero-order chi connectivity index (χ0) is 41.8. The smallest absolute Gasteiger partial charge is 0.345 e. The van der Waals surface area contributed by atoms with Crippen molar-refractivity contribution in [3.8, 4) is 11.5 Å². The molecule has 0 fully saturated rings. The van der Waals surface area contributed by atoms with Crippen molar-refractivity contribution in [3.63, 3.8) is 0 Å². The van der Waals surface area contributed by atoms with Crippen LogP contribution in [0.5, 0.6) is 11.5 Å². The molecule has 2 aromatic carbocycles. The van der Waals surface area contributed by atoms with Crippen LogP contribution in [0.15, 0.2) is 36.4 Å². The molecule has 0 amide bonds. The lowest BCUT2D eigenvalue weighted by Gasteiger charge is -2.40. The average molecular weight is 796 g/mol. The van der Waals surface area contributed by atoms with Gasteiger partial charge in [-0.1, -0.05) is 143 Å². The first-order valence-electron chi connectivity index (χ1n) is 23.8. The fraction of sp³-hybridized carbons (Fsp3) is 0.760. The molecule has 7 heteroatoms. The minimum absolute atomic E-state index is 0.200. The molecule has 57 heavy (non-hydrogen) atoms. The lowest BCUT2D eigenvalue weighted by molar-refractivity contribution is -0.929. The lowest BCUT2D eigenvalue weighted by Crippen LogP contribution is -2.50. The number of methoxy groups -OCH3 is 2. The van der Waals surface area contributed by atoms with Gasteiger partial charge in [0.15, 0.2) is 0 Å². The Morgan fingerprint density at radius 3 is 0.982 bits per heavy atom. The maximum Gasteiger partial charge on any atom is 0.345 e. The molecule has 0 radical (unpaired) electrons. The molecule has 0 heterocycles. The van der Waals surface area contributed by atoms with Crippen LogP contribution >= 0.6 is 0 Å². The predicted molar refractivity (Wildman–Crippen MR) is 244 cm³/mol. The molecule has 0 saturated carbocycles. The Morgan fingerprint density at radius 2 is 0.719 bits per heavy atom. The summed E-state index contributed by atoms with van der Waals surface area (Å²) < 4.78 is 22.3. The van der Waals surface area contributed by atoms with E-state index in [1.165, 1.54) is 185 Å². The number of hydrogen-bond donors (Lipinski definition) is 0. The van der Waals surface area contributed by atoms with E-state index in [-0.39, 0.29) is 13.2 Å². The predicted octanol–water partition coefficient (Wildman–Crippen LogP) is 13.6. The number of ether oxygens (including phenoxy) is 2. The average Bonchev–Trinajstić information content (AvgIpc) is 3.22. The molecule has 0 bridgehead atoms. The Kier molecular flexibility index (Phi) is 33.3. The third-order valence-corrected chi connectivity index (χ3v) is 11.8. The minimum Gasteiger partial charge on any atom is -0.832 e. The number of aryl methyl sites for hydroxylation is 2. The van der Waals surface area contributed by atoms with Gasteiger partial charge in [-0.15, -0.1) is 0 Å². The van der Waals surface area contributed by atoms with E-state index in [1.807, 2.05) is 50.2 Å². The molecule has 328 valence electrons. The normalized spacial score (nSPS) is 11.4. The van der Waals surface area contributed by atoms with Crippen LogP contribution in [0.25, 0.3) is 0 Å². The molecular weight excluding hydrogens is 705 g/mol. The number of nitrogens with zero attached hydrogens (tertiary/aromatic N) is 1. The molecular formula is C50H90BNO5. The van der Waals surface area contributed by atoms with Gasteiger partial charge in [0, 0.05) is 0 Å². The number of rotatable bonds is 36. The van der Waals surface area contributed by atoms with Crippen LogP contribution in [0.3, 0.4) is 0 Å². The zero-order valence-corrected chi connectivity index (χ0v) is 38.7. The van der Waals surface area contributed by atoms with Gasteiger partial charge in [0.25, 0.3) is 0 Å². The standard InChI is InChI=1S/C32H68N.C18H22BO5/c1-5-9-13-17-21-25-29-33(30-26-22-18-14-10-6-2,31-27-23-19-15-11-7-3)32-28-24-20-16-12-8-4;1-13-9-17(21-3)7-5-15(13)11-23-19(20)24-12-16-6-8-18(22-4)10-14(16)2/h5-32H2,1-4H3;5-10H,11-12H2,1-4H3/q+1;-1. The van der Waals surface area contributed by atoms with Crippen molar-refractivity contribution in [2.24, 2.45) is 0 Å². The number of unbranched alkanes of at least 4 members (excludes halogenated alkanes) is 20. The van der Waals surface area contributed by atoms with Crippen LogP contribution in [0, 0.1) is 13.8 Å². The molecule has 0 atom stereocenters. The van der Waals surface area contributed by atoms with Gasteiger partial charge in [-0.3, -0.25) is 0 Å². The minimum atomic E-state index is -1.53. The molecule has 0 saturated heterocycles. The van der Waals surface area contributed by atoms with E-state index in [0.717, 1.165) is 33.8 Å². The molecule has 0 spiro atoms. The van der Waals surface area contributed by atoms with Crippen molar-refractivity contribution in [3.05, 3.63) is 58.7 Å². The second-order valence-electron chi connectivity index (χ2n) is 16.8. The second kappa shape index (κ2) is 35.9. The quantitative estimate of drug-likeness (QED) is 0.0390. The lowest BCUT2D eigenvalue weighted by atomic mass is 10.0. The van der Waals surface area contributed by atoms with E-state index in [2.05, 4.69) is 27.7 Å². The van der Waals surface area contributed by atoms with E-state index in [9.17, 15) is 5.02 Å². The summed E-state index contributed by atoms with van der Waals surface area (Å²) in [5.74, 6) is 1.56. The van der Waals surface area contributed by atoms with Crippen LogP contribution in [0.2, 0.25) is 0 Å². The summed E-state index contributed by atoms with van der Waals surface area (Å²) in [5, 5.41) is 11.8. The van der Waals surface area contributed by atoms with Crippen molar-refractivity contribution in [2.45, 2.75) is 209 Å². The summed E-state index contributed by atoms with van der Waals surface area (Å²) in [5.41, 5.74) is 3.88. The Balaban J connectivity index is 0.000000596. The van der Waals surface area contributed by atoms with Crippen LogP contribution in [-0.4, -0.2) is 52.2 Å². The molecule has 0 aliphatic rings. The van der Waals surface area contributed by atoms with E-state index >= 15 is 0 Å². The van der Waals surface area contributed by atoms with Crippen molar-refractivity contribution in [2.75, 3.05) is 40.4 Å². The molecule has 0 unspecified atom stereocenters. The molecule has 0 N–H and O–H groups in total. The van der Waals surface area contributed by atoms with Gasteiger partial charge in [-0.05, 0) is 112 Å². The third-order valence-electron chi connectivity index (χ3n) is 11.8. The Labute approximate surface area is 354 Å². The summed E-state index contributed by atoms with van der Waals surface area (Å²) in [6.45, 7) is 19.5. The van der Waals surface area contributed by atoms with Crippen LogP contribution in [-0.2, 0) is 22.5 Å². The fourth-order valence-electron chi connectivity index (χ4n) is 7.86. The molecule has 2 rings (SSSR count). The zero-order valence-electron chi connectivity index (χ0n) is 38.7. The molecule has 0 aliphatic heterocycles. The first-order valence-corrected chi connectivity index (χ1v) is 23.8. The van der Waals surface area contributed by atoms with Crippen LogP contribution in [0.1, 0.15) is 204 Å². The third kappa shape index (κ3) is 26.6. The first-order chi connectivity index (χ1) is 27.8. The Bertz CT molecular complexity index is 1080. The SMILES string of the molecule is CCCCCCCC[N+](CCCCCCCC)(CCCCCCCC)CCCCCCCC.COc1ccc(COB([O-])OCc2ccc(OC)cc2C)c(C)c1. The summed E-state index contributed by atoms with van der Waals surface area (Å²) in [7, 11) is 1.70. The topological polar surface area (TPSA) is 60.0 Å². The fourth-order valence-corrected chi connectivity index (χ4v) is 7.86. The highest BCUT2D eigenvalue weighted by Gasteiger charge is 2.25. The monoisotopic (exact) mass is 796 g/mol. The Hall–Kier alpha value is -2.06. The van der Waals surface area contributed by atoms with Crippen LogP contribution in [0.4, 0.5) is 0 Å². The van der Waals surface area contributed by atoms with Gasteiger partial charge in [0.2, 0.25) is 0 Å². The molecule has 6 nitrogen and oxygen atoms in total. The highest BCUT2D eigenvalue weighted by atomic mass is 16.7. The van der Waals surface area contributed by atoms with Gasteiger partial charge in [0.05, 0.1) is 53.6 Å². The van der Waals surface area contributed by atoms with Gasteiger partial charge < -0.3 is 28.3 Å². The Morgan fingerprint density at radius 1 is 0.439 bits per heavy atom. The molecule has 2 aromatic rings. The van der Waals surface area contributed by atoms with E-state index in [0.29, 0.717) is 0 Å². The van der Waals surface area contributed by atoms with E-state index < -0.39 is 7.32 Å². The van der Waals surface area contributed by atoms with Gasteiger partial charge in [-0.2, -0.15) is 0 Å². The van der Waals surface area contributed by atoms with Gasteiger partial charge >= 0.3 is 7.32 Å². The largest absolute Gasteiger partial charge is 0.832 e. The maximum absolute atomic E-state index is 11.8.